The second-order valence-electron chi connectivity index (χ2n) is 11.4. The number of furan rings is 1. The number of hydrogen-bond donors (Lipinski definition) is 0. The monoisotopic (exact) mass is 522 g/mol. The lowest BCUT2D eigenvalue weighted by atomic mass is 9.34. The van der Waals surface area contributed by atoms with E-state index in [1.807, 2.05) is 6.07 Å². The van der Waals surface area contributed by atoms with E-state index in [2.05, 4.69) is 132 Å². The third kappa shape index (κ3) is 2.65. The molecule has 0 radical (unpaired) electrons. The molecule has 0 saturated heterocycles. The zero-order valence-electron chi connectivity index (χ0n) is 22.4. The molecule has 41 heavy (non-hydrogen) atoms. The molecule has 2 aliphatic rings. The molecule has 0 saturated carbocycles. The molecule has 0 aliphatic carbocycles. The van der Waals surface area contributed by atoms with Crippen molar-refractivity contribution in [2.24, 2.45) is 0 Å². The smallest absolute Gasteiger partial charge is 0.252 e. The highest BCUT2D eigenvalue weighted by Crippen LogP contribution is 2.43. The van der Waals surface area contributed by atoms with Crippen LogP contribution in [0.15, 0.2) is 126 Å². The minimum atomic E-state index is 0.154. The first-order valence-electron chi connectivity index (χ1n) is 14.2. The average molecular weight is 522 g/mol. The summed E-state index contributed by atoms with van der Waals surface area (Å²) in [6, 6.07) is 44.3. The molecule has 0 N–H and O–H groups in total. The van der Waals surface area contributed by atoms with Crippen molar-refractivity contribution in [3.8, 4) is 5.69 Å². The van der Waals surface area contributed by atoms with Gasteiger partial charge in [0.15, 0.2) is 0 Å². The van der Waals surface area contributed by atoms with Gasteiger partial charge >= 0.3 is 0 Å². The van der Waals surface area contributed by atoms with Crippen LogP contribution in [0.2, 0.25) is 0 Å². The van der Waals surface area contributed by atoms with Crippen LogP contribution in [-0.2, 0) is 0 Å². The van der Waals surface area contributed by atoms with Crippen molar-refractivity contribution in [3.63, 3.8) is 0 Å². The number of para-hydroxylation sites is 4. The topological polar surface area (TPSA) is 21.3 Å². The van der Waals surface area contributed by atoms with Gasteiger partial charge in [-0.2, -0.15) is 0 Å². The molecular formula is C37H23BN2O. The van der Waals surface area contributed by atoms with Crippen molar-refractivity contribution in [2.75, 3.05) is 4.90 Å². The highest BCUT2D eigenvalue weighted by atomic mass is 16.3. The van der Waals surface area contributed by atoms with Gasteiger partial charge < -0.3 is 13.9 Å². The van der Waals surface area contributed by atoms with Gasteiger partial charge in [0, 0.05) is 49.8 Å². The first kappa shape index (κ1) is 21.6. The van der Waals surface area contributed by atoms with Gasteiger partial charge in [0.1, 0.15) is 11.2 Å². The molecule has 4 heteroatoms. The van der Waals surface area contributed by atoms with Gasteiger partial charge in [-0.25, -0.2) is 0 Å². The Labute approximate surface area is 236 Å². The van der Waals surface area contributed by atoms with Crippen molar-refractivity contribution in [2.45, 2.75) is 6.92 Å². The molecule has 6 aromatic carbocycles. The van der Waals surface area contributed by atoms with Gasteiger partial charge in [-0.1, -0.05) is 72.8 Å². The summed E-state index contributed by atoms with van der Waals surface area (Å²) < 4.78 is 8.88. The number of aryl methyl sites for hydroxylation is 1. The van der Waals surface area contributed by atoms with E-state index in [0.717, 1.165) is 21.9 Å². The molecule has 0 amide bonds. The Balaban J connectivity index is 1.40. The van der Waals surface area contributed by atoms with Crippen LogP contribution in [0.4, 0.5) is 17.1 Å². The molecule has 190 valence electrons. The van der Waals surface area contributed by atoms with Crippen LogP contribution >= 0.6 is 0 Å². The lowest BCUT2D eigenvalue weighted by Gasteiger charge is -2.40. The lowest BCUT2D eigenvalue weighted by molar-refractivity contribution is 0.669. The molecule has 0 bridgehead atoms. The summed E-state index contributed by atoms with van der Waals surface area (Å²) in [5.74, 6) is 0. The molecule has 0 fully saturated rings. The Bertz CT molecular complexity index is 2400. The molecule has 0 atom stereocenters. The molecule has 2 aromatic heterocycles. The minimum Gasteiger partial charge on any atom is -0.456 e. The molecule has 0 spiro atoms. The second-order valence-corrected chi connectivity index (χ2v) is 11.4. The first-order chi connectivity index (χ1) is 20.3. The Hall–Kier alpha value is -5.22. The van der Waals surface area contributed by atoms with Crippen molar-refractivity contribution in [3.05, 3.63) is 127 Å². The maximum atomic E-state index is 6.35. The van der Waals surface area contributed by atoms with Gasteiger partial charge in [0.05, 0.1) is 5.52 Å². The Morgan fingerprint density at radius 1 is 0.561 bits per heavy atom. The van der Waals surface area contributed by atoms with E-state index in [1.165, 1.54) is 66.5 Å². The number of anilines is 3. The van der Waals surface area contributed by atoms with Gasteiger partial charge in [0.25, 0.3) is 6.71 Å². The number of nitrogens with zero attached hydrogens (tertiary/aromatic N) is 2. The normalized spacial score (nSPS) is 13.4. The van der Waals surface area contributed by atoms with E-state index in [0.29, 0.717) is 0 Å². The Morgan fingerprint density at radius 3 is 2.24 bits per heavy atom. The molecule has 8 aromatic rings. The van der Waals surface area contributed by atoms with Crippen LogP contribution in [0.3, 0.4) is 0 Å². The van der Waals surface area contributed by atoms with Crippen molar-refractivity contribution < 1.29 is 4.42 Å². The van der Waals surface area contributed by atoms with Gasteiger partial charge in [-0.15, -0.1) is 0 Å². The summed E-state index contributed by atoms with van der Waals surface area (Å²) in [5.41, 5.74) is 14.7. The van der Waals surface area contributed by atoms with E-state index >= 15 is 0 Å². The van der Waals surface area contributed by atoms with E-state index in [1.54, 1.807) is 0 Å². The summed E-state index contributed by atoms with van der Waals surface area (Å²) in [5, 5.41) is 4.83. The summed E-state index contributed by atoms with van der Waals surface area (Å²) in [6.45, 7) is 2.38. The zero-order valence-corrected chi connectivity index (χ0v) is 22.4. The number of hydrogen-bond acceptors (Lipinski definition) is 2. The molecule has 3 nitrogen and oxygen atoms in total. The number of benzene rings is 6. The van der Waals surface area contributed by atoms with Crippen LogP contribution < -0.4 is 21.3 Å². The first-order valence-corrected chi connectivity index (χ1v) is 14.2. The van der Waals surface area contributed by atoms with Crippen LogP contribution in [-0.4, -0.2) is 11.3 Å². The van der Waals surface area contributed by atoms with E-state index in [-0.39, 0.29) is 6.71 Å². The minimum absolute atomic E-state index is 0.154. The third-order valence-electron chi connectivity index (χ3n) is 9.18. The molecule has 2 aliphatic heterocycles. The maximum Gasteiger partial charge on any atom is 0.252 e. The van der Waals surface area contributed by atoms with Gasteiger partial charge in [-0.3, -0.25) is 0 Å². The molecule has 4 heterocycles. The highest BCUT2D eigenvalue weighted by molar-refractivity contribution is 7.00. The third-order valence-corrected chi connectivity index (χ3v) is 9.18. The Kier molecular flexibility index (Phi) is 3.95. The van der Waals surface area contributed by atoms with Crippen molar-refractivity contribution in [1.82, 2.24) is 4.57 Å². The summed E-state index contributed by atoms with van der Waals surface area (Å²) in [6.07, 6.45) is 0. The van der Waals surface area contributed by atoms with E-state index in [4.69, 9.17) is 4.42 Å². The lowest BCUT2D eigenvalue weighted by Crippen LogP contribution is -2.60. The summed E-state index contributed by atoms with van der Waals surface area (Å²) >= 11 is 0. The fourth-order valence-electron chi connectivity index (χ4n) is 7.62. The van der Waals surface area contributed by atoms with Crippen molar-refractivity contribution in [1.29, 1.82) is 0 Å². The maximum absolute atomic E-state index is 6.35. The molecular weight excluding hydrogens is 499 g/mol. The number of fused-ring (bicyclic) bond motifs is 10. The quantitative estimate of drug-likeness (QED) is 0.207. The zero-order chi connectivity index (χ0) is 26.8. The fourth-order valence-corrected chi connectivity index (χ4v) is 7.62. The predicted molar refractivity (Wildman–Crippen MR) is 172 cm³/mol. The SMILES string of the molecule is Cc1cc2c3c(c1)-n1c4cc5c(cc4c4cccc(c41)B3c1ccccc1N2c1ccccc1)oc1ccccc15. The average Bonchev–Trinajstić information content (AvgIpc) is 3.54. The summed E-state index contributed by atoms with van der Waals surface area (Å²) in [4.78, 5) is 2.45. The highest BCUT2D eigenvalue weighted by Gasteiger charge is 2.41. The molecule has 0 unspecified atom stereocenters. The largest absolute Gasteiger partial charge is 0.456 e. The van der Waals surface area contributed by atoms with Crippen LogP contribution in [0.5, 0.6) is 0 Å². The van der Waals surface area contributed by atoms with Crippen molar-refractivity contribution >= 4 is 83.9 Å². The van der Waals surface area contributed by atoms with Crippen LogP contribution in [0.25, 0.3) is 49.4 Å². The van der Waals surface area contributed by atoms with E-state index in [9.17, 15) is 0 Å². The van der Waals surface area contributed by atoms with Crippen LogP contribution in [0, 0.1) is 6.92 Å². The standard InChI is InChI=1S/C37H23BN2O/c1-22-18-32-36-33(19-22)40-31-20-27-24-12-5-8-17-34(24)41-35(27)21-26(31)25-13-9-15-29(37(25)40)38(36)28-14-6-7-16-30(28)39(32)23-10-3-2-4-11-23/h2-21H,1H3. The second kappa shape index (κ2) is 7.49. The number of rotatable bonds is 1. The summed E-state index contributed by atoms with van der Waals surface area (Å²) in [7, 11) is 0. The fraction of sp³-hybridized carbons (Fsp3) is 0.0270. The van der Waals surface area contributed by atoms with E-state index < -0.39 is 0 Å². The van der Waals surface area contributed by atoms with Crippen LogP contribution in [0.1, 0.15) is 5.56 Å². The van der Waals surface area contributed by atoms with Gasteiger partial charge in [0.2, 0.25) is 0 Å². The van der Waals surface area contributed by atoms with Gasteiger partial charge in [-0.05, 0) is 77.4 Å². The molecule has 10 rings (SSSR count). The Morgan fingerprint density at radius 2 is 1.32 bits per heavy atom. The number of aromatic nitrogens is 1. The predicted octanol–water partition coefficient (Wildman–Crippen LogP) is 7.60.